The van der Waals surface area contributed by atoms with Gasteiger partial charge in [-0.3, -0.25) is 15.5 Å². The summed E-state index contributed by atoms with van der Waals surface area (Å²) in [5, 5.41) is 12.6. The van der Waals surface area contributed by atoms with E-state index in [1.54, 1.807) is 18.2 Å². The van der Waals surface area contributed by atoms with Gasteiger partial charge in [0.25, 0.3) is 0 Å². The van der Waals surface area contributed by atoms with Crippen LogP contribution in [0.3, 0.4) is 0 Å². The molecule has 0 aliphatic rings. The largest absolute Gasteiger partial charge is 0.354 e. The Morgan fingerprint density at radius 3 is 2.52 bits per heavy atom. The lowest BCUT2D eigenvalue weighted by Gasteiger charge is -2.13. The first-order valence-corrected chi connectivity index (χ1v) is 7.94. The summed E-state index contributed by atoms with van der Waals surface area (Å²) in [5.41, 5.74) is 6.89. The molecule has 0 atom stereocenters. The Hall–Kier alpha value is -3.18. The van der Waals surface area contributed by atoms with Gasteiger partial charge in [-0.15, -0.1) is 0 Å². The number of rotatable bonds is 5. The maximum absolute atomic E-state index is 11.5. The van der Waals surface area contributed by atoms with E-state index in [0.29, 0.717) is 16.9 Å². The van der Waals surface area contributed by atoms with Crippen LogP contribution >= 0.6 is 0 Å². The highest BCUT2D eigenvalue weighted by atomic mass is 16.5. The number of carbonyl (C=O) groups excluding carboxylic acids is 1. The molecule has 0 aliphatic heterocycles. The lowest BCUT2D eigenvalue weighted by atomic mass is 10.1. The monoisotopic (exact) mass is 334 g/mol. The summed E-state index contributed by atoms with van der Waals surface area (Å²) in [4.78, 5) is 11.5. The SMILES string of the molecule is CC(=O)c1ccc(Nc2cccc(-c3ccc[n+](C)c3)c2)c(NO)c1. The molecule has 5 heteroatoms. The van der Waals surface area contributed by atoms with Crippen molar-refractivity contribution in [3.8, 4) is 11.1 Å². The zero-order chi connectivity index (χ0) is 17.8. The van der Waals surface area contributed by atoms with E-state index in [9.17, 15) is 10.0 Å². The lowest BCUT2D eigenvalue weighted by molar-refractivity contribution is -0.671. The number of aromatic nitrogens is 1. The summed E-state index contributed by atoms with van der Waals surface area (Å²) in [6.45, 7) is 1.49. The Bertz CT molecular complexity index is 922. The molecule has 0 bridgehead atoms. The molecule has 2 aromatic carbocycles. The highest BCUT2D eigenvalue weighted by Gasteiger charge is 2.08. The standard InChI is InChI=1S/C20H19N3O2/c1-14(24)15-8-9-19(20(12-15)22-25)21-18-7-3-5-16(11-18)17-6-4-10-23(2)13-17/h3-13,22,25H,1-2H3/p+1. The molecule has 126 valence electrons. The van der Waals surface area contributed by atoms with Gasteiger partial charge in [0.1, 0.15) is 7.05 Å². The number of hydrogen-bond donors (Lipinski definition) is 3. The van der Waals surface area contributed by atoms with Crippen molar-refractivity contribution >= 4 is 22.8 Å². The molecule has 0 radical (unpaired) electrons. The summed E-state index contributed by atoms with van der Waals surface area (Å²) in [5.74, 6) is -0.0537. The Kier molecular flexibility index (Phi) is 4.77. The molecule has 0 unspecified atom stereocenters. The number of anilines is 3. The average Bonchev–Trinajstić information content (AvgIpc) is 2.62. The van der Waals surface area contributed by atoms with E-state index in [4.69, 9.17) is 0 Å². The van der Waals surface area contributed by atoms with Crippen LogP contribution in [0.5, 0.6) is 0 Å². The first-order chi connectivity index (χ1) is 12.1. The molecule has 0 spiro atoms. The van der Waals surface area contributed by atoms with Crippen LogP contribution in [0, 0.1) is 0 Å². The van der Waals surface area contributed by atoms with Crippen molar-refractivity contribution in [2.45, 2.75) is 6.92 Å². The maximum Gasteiger partial charge on any atom is 0.176 e. The van der Waals surface area contributed by atoms with E-state index in [1.807, 2.05) is 48.1 Å². The molecule has 5 nitrogen and oxygen atoms in total. The van der Waals surface area contributed by atoms with Crippen LogP contribution < -0.4 is 15.4 Å². The van der Waals surface area contributed by atoms with Crippen molar-refractivity contribution < 1.29 is 14.6 Å². The van der Waals surface area contributed by atoms with Gasteiger partial charge >= 0.3 is 0 Å². The number of nitrogens with one attached hydrogen (secondary N) is 2. The number of hydrogen-bond acceptors (Lipinski definition) is 4. The van der Waals surface area contributed by atoms with Crippen LogP contribution in [0.1, 0.15) is 17.3 Å². The Labute approximate surface area is 146 Å². The third-order valence-corrected chi connectivity index (χ3v) is 3.96. The molecule has 3 N–H and O–H groups in total. The first kappa shape index (κ1) is 16.7. The summed E-state index contributed by atoms with van der Waals surface area (Å²) >= 11 is 0. The second-order valence-electron chi connectivity index (χ2n) is 5.89. The third-order valence-electron chi connectivity index (χ3n) is 3.96. The van der Waals surface area contributed by atoms with E-state index < -0.39 is 0 Å². The summed E-state index contributed by atoms with van der Waals surface area (Å²) in [6, 6.07) is 17.2. The number of carbonyl (C=O) groups is 1. The van der Waals surface area contributed by atoms with Crippen LogP contribution in [0.15, 0.2) is 67.0 Å². The van der Waals surface area contributed by atoms with Crippen molar-refractivity contribution in [1.82, 2.24) is 0 Å². The van der Waals surface area contributed by atoms with E-state index >= 15 is 0 Å². The molecular formula is C20H20N3O2+. The third kappa shape index (κ3) is 3.84. The van der Waals surface area contributed by atoms with Crippen molar-refractivity contribution in [2.24, 2.45) is 7.05 Å². The van der Waals surface area contributed by atoms with Crippen molar-refractivity contribution in [1.29, 1.82) is 0 Å². The first-order valence-electron chi connectivity index (χ1n) is 7.94. The van der Waals surface area contributed by atoms with Crippen molar-refractivity contribution in [2.75, 3.05) is 10.8 Å². The molecule has 0 fully saturated rings. The summed E-state index contributed by atoms with van der Waals surface area (Å²) in [7, 11) is 1.99. The second-order valence-corrected chi connectivity index (χ2v) is 5.89. The predicted octanol–water partition coefficient (Wildman–Crippen LogP) is 3.93. The fourth-order valence-electron chi connectivity index (χ4n) is 2.66. The van der Waals surface area contributed by atoms with E-state index in [1.165, 1.54) is 6.92 Å². The minimum absolute atomic E-state index is 0.0537. The molecule has 0 saturated carbocycles. The van der Waals surface area contributed by atoms with E-state index in [2.05, 4.69) is 23.1 Å². The topological polar surface area (TPSA) is 65.2 Å². The minimum atomic E-state index is -0.0537. The fraction of sp³-hybridized carbons (Fsp3) is 0.100. The maximum atomic E-state index is 11.5. The lowest BCUT2D eigenvalue weighted by Crippen LogP contribution is -2.26. The molecule has 1 heterocycles. The van der Waals surface area contributed by atoms with Gasteiger partial charge in [0, 0.05) is 22.9 Å². The van der Waals surface area contributed by atoms with Crippen molar-refractivity contribution in [3.63, 3.8) is 0 Å². The van der Waals surface area contributed by atoms with Gasteiger partial charge in [0.2, 0.25) is 0 Å². The Morgan fingerprint density at radius 1 is 1.00 bits per heavy atom. The Morgan fingerprint density at radius 2 is 1.80 bits per heavy atom. The molecule has 0 saturated heterocycles. The fourth-order valence-corrected chi connectivity index (χ4v) is 2.66. The molecule has 1 aromatic heterocycles. The number of nitrogens with zero attached hydrogens (tertiary/aromatic N) is 1. The molecular weight excluding hydrogens is 314 g/mol. The second kappa shape index (κ2) is 7.15. The van der Waals surface area contributed by atoms with E-state index in [-0.39, 0.29) is 5.78 Å². The highest BCUT2D eigenvalue weighted by molar-refractivity contribution is 5.96. The van der Waals surface area contributed by atoms with Gasteiger partial charge in [0.15, 0.2) is 18.2 Å². The number of aryl methyl sites for hydroxylation is 1. The minimum Gasteiger partial charge on any atom is -0.354 e. The zero-order valence-corrected chi connectivity index (χ0v) is 14.2. The number of pyridine rings is 1. The smallest absolute Gasteiger partial charge is 0.176 e. The molecule has 25 heavy (non-hydrogen) atoms. The average molecular weight is 334 g/mol. The predicted molar refractivity (Wildman–Crippen MR) is 98.2 cm³/mol. The van der Waals surface area contributed by atoms with E-state index in [0.717, 1.165) is 16.8 Å². The van der Waals surface area contributed by atoms with Gasteiger partial charge in [-0.2, -0.15) is 0 Å². The number of benzene rings is 2. The quantitative estimate of drug-likeness (QED) is 0.376. The summed E-state index contributed by atoms with van der Waals surface area (Å²) < 4.78 is 2.00. The van der Waals surface area contributed by atoms with Crippen LogP contribution in [0.25, 0.3) is 11.1 Å². The van der Waals surface area contributed by atoms with Crippen LogP contribution in [0.2, 0.25) is 0 Å². The highest BCUT2D eigenvalue weighted by Crippen LogP contribution is 2.29. The number of ketones is 1. The number of Topliss-reactive ketones (excluding diaryl/α,β-unsaturated/α-hetero) is 1. The zero-order valence-electron chi connectivity index (χ0n) is 14.2. The van der Waals surface area contributed by atoms with Crippen molar-refractivity contribution in [3.05, 3.63) is 72.6 Å². The summed E-state index contributed by atoms with van der Waals surface area (Å²) in [6.07, 6.45) is 4.04. The Balaban J connectivity index is 1.91. The van der Waals surface area contributed by atoms with Gasteiger partial charge < -0.3 is 5.32 Å². The van der Waals surface area contributed by atoms with Gasteiger partial charge in [0.05, 0.1) is 11.4 Å². The van der Waals surface area contributed by atoms with Crippen LogP contribution in [-0.2, 0) is 7.05 Å². The molecule has 0 aliphatic carbocycles. The van der Waals surface area contributed by atoms with Gasteiger partial charge in [-0.05, 0) is 48.9 Å². The molecule has 0 amide bonds. The van der Waals surface area contributed by atoms with Crippen LogP contribution in [-0.4, -0.2) is 11.0 Å². The normalized spacial score (nSPS) is 10.4. The molecule has 3 rings (SSSR count). The van der Waals surface area contributed by atoms with Gasteiger partial charge in [-0.1, -0.05) is 12.1 Å². The van der Waals surface area contributed by atoms with Crippen LogP contribution in [0.4, 0.5) is 17.1 Å². The molecule has 3 aromatic rings. The van der Waals surface area contributed by atoms with Gasteiger partial charge in [-0.25, -0.2) is 4.57 Å².